The zero-order valence-corrected chi connectivity index (χ0v) is 29.4. The molecule has 0 unspecified atom stereocenters. The number of hydrogen-bond acceptors (Lipinski definition) is 4. The van der Waals surface area contributed by atoms with Crippen molar-refractivity contribution in [2.75, 3.05) is 0 Å². The van der Waals surface area contributed by atoms with Crippen molar-refractivity contribution in [1.29, 1.82) is 0 Å². The summed E-state index contributed by atoms with van der Waals surface area (Å²) in [5, 5.41) is 4.46. The van der Waals surface area contributed by atoms with Gasteiger partial charge in [0.25, 0.3) is 0 Å². The Morgan fingerprint density at radius 2 is 1.13 bits per heavy atom. The van der Waals surface area contributed by atoms with Crippen molar-refractivity contribution in [3.63, 3.8) is 0 Å². The Morgan fingerprint density at radius 3 is 1.92 bits per heavy atom. The summed E-state index contributed by atoms with van der Waals surface area (Å²) < 4.78 is 7.83. The molecule has 3 heterocycles. The Morgan fingerprint density at radius 1 is 0.509 bits per heavy atom. The van der Waals surface area contributed by atoms with Crippen LogP contribution in [-0.2, 0) is 17.3 Å². The molecule has 3 aliphatic carbocycles. The van der Waals surface area contributed by atoms with E-state index in [0.717, 1.165) is 49.8 Å². The molecule has 0 fully saturated rings. The van der Waals surface area contributed by atoms with E-state index in [0.29, 0.717) is 5.82 Å². The SMILES string of the molecule is c1ccc(C23Cc4ccccc4C(c4nc(-c5cccc6c5oc5ccccc56)nc5sc6ccccc6c45)(c4ccccc42)c2ccccc23)cc1. The van der Waals surface area contributed by atoms with E-state index in [4.69, 9.17) is 14.4 Å². The van der Waals surface area contributed by atoms with Crippen molar-refractivity contribution in [2.24, 2.45) is 0 Å². The fourth-order valence-corrected chi connectivity index (χ4v) is 11.0. The van der Waals surface area contributed by atoms with Crippen molar-refractivity contribution in [2.45, 2.75) is 17.3 Å². The Hall–Kier alpha value is -6.36. The third kappa shape index (κ3) is 3.68. The van der Waals surface area contributed by atoms with Crippen LogP contribution in [0.2, 0.25) is 0 Å². The fraction of sp³-hybridized carbons (Fsp3) is 0.0612. The number of para-hydroxylation sites is 2. The molecule has 53 heavy (non-hydrogen) atoms. The van der Waals surface area contributed by atoms with E-state index in [9.17, 15) is 0 Å². The van der Waals surface area contributed by atoms with Gasteiger partial charge in [-0.2, -0.15) is 0 Å². The summed E-state index contributed by atoms with van der Waals surface area (Å²) in [7, 11) is 0. The van der Waals surface area contributed by atoms with Gasteiger partial charge in [-0.15, -0.1) is 11.3 Å². The van der Waals surface area contributed by atoms with Crippen LogP contribution in [-0.4, -0.2) is 9.97 Å². The maximum Gasteiger partial charge on any atom is 0.164 e. The lowest BCUT2D eigenvalue weighted by atomic mass is 9.54. The molecule has 13 rings (SSSR count). The molecule has 0 saturated carbocycles. The Labute approximate surface area is 309 Å². The first-order valence-corrected chi connectivity index (χ1v) is 19.0. The van der Waals surface area contributed by atoms with Gasteiger partial charge in [0.05, 0.1) is 16.7 Å². The van der Waals surface area contributed by atoms with Gasteiger partial charge in [-0.05, 0) is 63.6 Å². The monoisotopic (exact) mass is 694 g/mol. The lowest BCUT2D eigenvalue weighted by molar-refractivity contribution is 0.573. The minimum absolute atomic E-state index is 0.393. The maximum absolute atomic E-state index is 6.63. The van der Waals surface area contributed by atoms with Crippen LogP contribution in [0.15, 0.2) is 174 Å². The zero-order chi connectivity index (χ0) is 34.7. The predicted molar refractivity (Wildman–Crippen MR) is 216 cm³/mol. The Balaban J connectivity index is 1.30. The summed E-state index contributed by atoms with van der Waals surface area (Å²) in [5.41, 5.74) is 11.6. The minimum Gasteiger partial charge on any atom is -0.455 e. The van der Waals surface area contributed by atoms with E-state index < -0.39 is 10.8 Å². The summed E-state index contributed by atoms with van der Waals surface area (Å²) in [6, 6.07) is 61.9. The van der Waals surface area contributed by atoms with E-state index in [1.165, 1.54) is 49.0 Å². The van der Waals surface area contributed by atoms with Gasteiger partial charge in [-0.3, -0.25) is 0 Å². The molecule has 7 aromatic carbocycles. The number of aromatic nitrogens is 2. The van der Waals surface area contributed by atoms with Crippen LogP contribution in [0.1, 0.15) is 44.6 Å². The molecule has 0 aliphatic heterocycles. The smallest absolute Gasteiger partial charge is 0.164 e. The number of nitrogens with zero attached hydrogens (tertiary/aromatic N) is 2. The first-order valence-electron chi connectivity index (χ1n) is 18.2. The van der Waals surface area contributed by atoms with E-state index in [-0.39, 0.29) is 0 Å². The van der Waals surface area contributed by atoms with Gasteiger partial charge in [0, 0.05) is 31.7 Å². The number of benzene rings is 7. The van der Waals surface area contributed by atoms with Crippen LogP contribution in [0.5, 0.6) is 0 Å². The molecule has 3 aliphatic rings. The lowest BCUT2D eigenvalue weighted by Gasteiger charge is -2.47. The van der Waals surface area contributed by atoms with Gasteiger partial charge < -0.3 is 4.42 Å². The van der Waals surface area contributed by atoms with E-state index >= 15 is 0 Å². The van der Waals surface area contributed by atoms with E-state index in [1.54, 1.807) is 11.3 Å². The van der Waals surface area contributed by atoms with Crippen LogP contribution in [0.3, 0.4) is 0 Å². The molecular weight excluding hydrogens is 665 g/mol. The highest BCUT2D eigenvalue weighted by atomic mass is 32.1. The minimum atomic E-state index is -0.736. The third-order valence-electron chi connectivity index (χ3n) is 12.0. The van der Waals surface area contributed by atoms with Crippen LogP contribution in [0.25, 0.3) is 53.6 Å². The number of fused-ring (bicyclic) bond motifs is 6. The highest BCUT2D eigenvalue weighted by Gasteiger charge is 2.57. The molecule has 3 nitrogen and oxygen atoms in total. The summed E-state index contributed by atoms with van der Waals surface area (Å²) in [6.07, 6.45) is 0.840. The third-order valence-corrected chi connectivity index (χ3v) is 13.0. The maximum atomic E-state index is 6.63. The summed E-state index contributed by atoms with van der Waals surface area (Å²) in [4.78, 5) is 12.3. The van der Waals surface area contributed by atoms with E-state index in [2.05, 4.69) is 158 Å². The second-order valence-electron chi connectivity index (χ2n) is 14.4. The molecule has 0 saturated heterocycles. The van der Waals surface area contributed by atoms with Gasteiger partial charge in [0.2, 0.25) is 0 Å². The number of furan rings is 1. The van der Waals surface area contributed by atoms with Crippen molar-refractivity contribution < 1.29 is 4.42 Å². The van der Waals surface area contributed by atoms with Crippen molar-refractivity contribution >= 4 is 53.6 Å². The highest BCUT2D eigenvalue weighted by molar-refractivity contribution is 7.25. The van der Waals surface area contributed by atoms with E-state index in [1.807, 2.05) is 12.1 Å². The highest BCUT2D eigenvalue weighted by Crippen LogP contribution is 2.63. The quantitative estimate of drug-likeness (QED) is 0.185. The fourth-order valence-electron chi connectivity index (χ4n) is 9.92. The van der Waals surface area contributed by atoms with Gasteiger partial charge in [-0.1, -0.05) is 152 Å². The second kappa shape index (κ2) is 10.6. The predicted octanol–water partition coefficient (Wildman–Crippen LogP) is 12.0. The topological polar surface area (TPSA) is 38.9 Å². The summed E-state index contributed by atoms with van der Waals surface area (Å²) in [5.74, 6) is 0.676. The van der Waals surface area contributed by atoms with Crippen LogP contribution < -0.4 is 0 Å². The van der Waals surface area contributed by atoms with Gasteiger partial charge >= 0.3 is 0 Å². The Bertz CT molecular complexity index is 3070. The second-order valence-corrected chi connectivity index (χ2v) is 15.4. The Kier molecular flexibility index (Phi) is 5.85. The molecule has 10 aromatic rings. The molecule has 0 radical (unpaired) electrons. The van der Waals surface area contributed by atoms with Crippen LogP contribution in [0.4, 0.5) is 0 Å². The standard InChI is InChI=1S/C49H30N2OS/c1-2-16-31(17-3-1)48-29-30-15-4-7-22-36(30)49(39-25-10-8-23-37(39)48,40-26-11-9-24-38(40)48)45-43-34-19-6-13-28-42(34)53-47(43)51-46(50-45)35-21-14-20-33-32-18-5-12-27-41(32)52-44(33)35/h1-28H,29H2. The molecule has 4 heteroatoms. The van der Waals surface area contributed by atoms with Gasteiger partial charge in [-0.25, -0.2) is 9.97 Å². The average molecular weight is 695 g/mol. The molecule has 0 atom stereocenters. The number of thiophene rings is 1. The molecule has 0 spiro atoms. The number of rotatable bonds is 3. The largest absolute Gasteiger partial charge is 0.455 e. The summed E-state index contributed by atoms with van der Waals surface area (Å²) in [6.45, 7) is 0. The van der Waals surface area contributed by atoms with Gasteiger partial charge in [0.1, 0.15) is 16.0 Å². The molecule has 248 valence electrons. The number of hydrogen-bond donors (Lipinski definition) is 0. The first-order chi connectivity index (χ1) is 26.3. The molecule has 2 bridgehead atoms. The first kappa shape index (κ1) is 29.2. The van der Waals surface area contributed by atoms with Crippen LogP contribution in [0, 0.1) is 0 Å². The van der Waals surface area contributed by atoms with Crippen molar-refractivity contribution in [3.8, 4) is 11.4 Å². The summed E-state index contributed by atoms with van der Waals surface area (Å²) >= 11 is 1.74. The average Bonchev–Trinajstić information content (AvgIpc) is 3.73. The normalized spacial score (nSPS) is 18.6. The van der Waals surface area contributed by atoms with Gasteiger partial charge in [0.15, 0.2) is 5.82 Å². The molecule has 0 N–H and O–H groups in total. The lowest BCUT2D eigenvalue weighted by Crippen LogP contribution is -2.43. The van der Waals surface area contributed by atoms with Crippen molar-refractivity contribution in [1.82, 2.24) is 9.97 Å². The van der Waals surface area contributed by atoms with Crippen molar-refractivity contribution in [3.05, 3.63) is 214 Å². The zero-order valence-electron chi connectivity index (χ0n) is 28.6. The molecule has 3 aromatic heterocycles. The van der Waals surface area contributed by atoms with Crippen LogP contribution >= 0.6 is 11.3 Å². The molecular formula is C49H30N2OS. The molecule has 0 amide bonds.